The Morgan fingerprint density at radius 2 is 1.86 bits per heavy atom. The molecule has 4 rings (SSSR count). The molecule has 0 aliphatic carbocycles. The van der Waals surface area contributed by atoms with E-state index in [0.29, 0.717) is 24.4 Å². The number of para-hydroxylation sites is 3. The summed E-state index contributed by atoms with van der Waals surface area (Å²) in [7, 11) is 1.94. The predicted molar refractivity (Wildman–Crippen MR) is 114 cm³/mol. The van der Waals surface area contributed by atoms with Gasteiger partial charge in [-0.25, -0.2) is 4.98 Å². The number of fused-ring (bicyclic) bond motifs is 1. The van der Waals surface area contributed by atoms with Crippen LogP contribution in [0.15, 0.2) is 60.9 Å². The molecule has 2 N–H and O–H groups in total. The van der Waals surface area contributed by atoms with E-state index < -0.39 is 0 Å². The Hall–Kier alpha value is -2.54. The smallest absolute Gasteiger partial charge is 0.242 e. The number of carbonyl (C=O) groups is 1. The Kier molecular flexibility index (Phi) is 7.45. The first-order valence-corrected chi connectivity index (χ1v) is 8.55. The number of hydrogen-bond acceptors (Lipinski definition) is 4. The highest BCUT2D eigenvalue weighted by molar-refractivity contribution is 5.96. The minimum Gasteiger partial charge on any atom is -0.455 e. The van der Waals surface area contributed by atoms with Crippen molar-refractivity contribution < 1.29 is 9.53 Å². The highest BCUT2D eigenvalue weighted by Crippen LogP contribution is 2.30. The van der Waals surface area contributed by atoms with Gasteiger partial charge in [0.2, 0.25) is 5.91 Å². The molecule has 1 amide bonds. The van der Waals surface area contributed by atoms with Crippen LogP contribution in [0.3, 0.4) is 0 Å². The topological polar surface area (TPSA) is 70.2 Å². The maximum Gasteiger partial charge on any atom is 0.242 e. The fraction of sp³-hybridized carbons (Fsp3) is 0.200. The minimum absolute atomic E-state index is 0. The van der Waals surface area contributed by atoms with E-state index in [1.807, 2.05) is 66.5 Å². The fourth-order valence-corrected chi connectivity index (χ4v) is 3.14. The third kappa shape index (κ3) is 4.65. The number of imidazole rings is 1. The number of amides is 1. The van der Waals surface area contributed by atoms with E-state index in [9.17, 15) is 4.79 Å². The molecule has 0 fully saturated rings. The molecule has 148 valence electrons. The van der Waals surface area contributed by atoms with E-state index in [1.165, 1.54) is 0 Å². The van der Waals surface area contributed by atoms with E-state index in [1.54, 1.807) is 6.33 Å². The molecule has 0 radical (unpaired) electrons. The zero-order chi connectivity index (χ0) is 17.9. The number of likely N-dealkylation sites (N-methyl/N-ethyl adjacent to an activating group) is 1. The summed E-state index contributed by atoms with van der Waals surface area (Å²) in [5.74, 6) is 1.29. The summed E-state index contributed by atoms with van der Waals surface area (Å²) in [5.41, 5.74) is 2.69. The highest BCUT2D eigenvalue weighted by atomic mass is 35.5. The van der Waals surface area contributed by atoms with Crippen LogP contribution < -0.4 is 10.1 Å². The van der Waals surface area contributed by atoms with E-state index >= 15 is 0 Å². The second kappa shape index (κ2) is 9.59. The molecule has 2 heterocycles. The number of nitrogens with one attached hydrogen (secondary N) is 2. The van der Waals surface area contributed by atoms with E-state index in [4.69, 9.17) is 4.74 Å². The molecular weight excluding hydrogens is 399 g/mol. The minimum atomic E-state index is -0.257. The Balaban J connectivity index is 0.00000140. The monoisotopic (exact) mass is 420 g/mol. The Labute approximate surface area is 176 Å². The van der Waals surface area contributed by atoms with Gasteiger partial charge in [-0.1, -0.05) is 30.3 Å². The van der Waals surface area contributed by atoms with Crippen LogP contribution in [-0.2, 0) is 17.8 Å². The molecule has 0 bridgehead atoms. The van der Waals surface area contributed by atoms with Crippen molar-refractivity contribution in [1.29, 1.82) is 0 Å². The van der Waals surface area contributed by atoms with Gasteiger partial charge in [-0.2, -0.15) is 0 Å². The second-order valence-electron chi connectivity index (χ2n) is 6.36. The lowest BCUT2D eigenvalue weighted by Crippen LogP contribution is -2.45. The van der Waals surface area contributed by atoms with Gasteiger partial charge in [0.15, 0.2) is 5.75 Å². The summed E-state index contributed by atoms with van der Waals surface area (Å²) < 4.78 is 5.92. The third-order valence-electron chi connectivity index (χ3n) is 4.55. The van der Waals surface area contributed by atoms with Crippen LogP contribution in [0.5, 0.6) is 11.5 Å². The molecule has 28 heavy (non-hydrogen) atoms. The quantitative estimate of drug-likeness (QED) is 0.667. The number of halogens is 2. The Morgan fingerprint density at radius 3 is 2.64 bits per heavy atom. The fourth-order valence-electron chi connectivity index (χ4n) is 3.14. The van der Waals surface area contributed by atoms with Crippen LogP contribution in [0, 0.1) is 0 Å². The van der Waals surface area contributed by atoms with Crippen LogP contribution in [0.4, 0.5) is 5.69 Å². The maximum atomic E-state index is 12.9. The van der Waals surface area contributed by atoms with Crippen molar-refractivity contribution in [3.05, 3.63) is 72.3 Å². The zero-order valence-electron chi connectivity index (χ0n) is 15.3. The summed E-state index contributed by atoms with van der Waals surface area (Å²) >= 11 is 0. The van der Waals surface area contributed by atoms with Crippen molar-refractivity contribution in [1.82, 2.24) is 14.9 Å². The standard InChI is InChI=1S/C20H20N4O2.2ClH/c1-24-12-17-16(21-13-22-17)11-18(24)20(25)23-15-9-5-6-10-19(15)26-14-7-3-2-4-8-14;;/h2-10,13,18H,11-12H2,1H3,(H,21,22)(H,23,25);2*1H/t18-;;/m0../s1. The molecule has 0 saturated carbocycles. The Morgan fingerprint density at radius 1 is 1.14 bits per heavy atom. The molecule has 6 nitrogen and oxygen atoms in total. The van der Waals surface area contributed by atoms with E-state index in [0.717, 1.165) is 17.1 Å². The number of aromatic nitrogens is 2. The van der Waals surface area contributed by atoms with Crippen LogP contribution in [0.2, 0.25) is 0 Å². The molecular formula is C20H22Cl2N4O2. The van der Waals surface area contributed by atoms with Gasteiger partial charge in [0.25, 0.3) is 0 Å². The summed E-state index contributed by atoms with van der Waals surface area (Å²) in [5, 5.41) is 3.01. The summed E-state index contributed by atoms with van der Waals surface area (Å²) in [6.07, 6.45) is 2.29. The van der Waals surface area contributed by atoms with Gasteiger partial charge in [0, 0.05) is 18.7 Å². The van der Waals surface area contributed by atoms with Crippen LogP contribution in [0.25, 0.3) is 0 Å². The van der Waals surface area contributed by atoms with Crippen molar-refractivity contribution in [3.63, 3.8) is 0 Å². The summed E-state index contributed by atoms with van der Waals surface area (Å²) in [6, 6.07) is 16.7. The average Bonchev–Trinajstić information content (AvgIpc) is 3.10. The summed E-state index contributed by atoms with van der Waals surface area (Å²) in [6.45, 7) is 0.652. The number of anilines is 1. The Bertz CT molecular complexity index is 917. The number of aromatic amines is 1. The molecule has 1 aliphatic heterocycles. The zero-order valence-corrected chi connectivity index (χ0v) is 16.9. The largest absolute Gasteiger partial charge is 0.455 e. The van der Waals surface area contributed by atoms with Gasteiger partial charge in [-0.3, -0.25) is 9.69 Å². The number of rotatable bonds is 4. The van der Waals surface area contributed by atoms with E-state index in [2.05, 4.69) is 15.3 Å². The van der Waals surface area contributed by atoms with Gasteiger partial charge >= 0.3 is 0 Å². The first-order valence-electron chi connectivity index (χ1n) is 8.55. The number of hydrogen-bond donors (Lipinski definition) is 2. The van der Waals surface area contributed by atoms with E-state index in [-0.39, 0.29) is 36.8 Å². The SMILES string of the molecule is CN1Cc2nc[nH]c2C[C@H]1C(=O)Nc1ccccc1Oc1ccccc1.Cl.Cl. The molecule has 1 aliphatic rings. The van der Waals surface area contributed by atoms with Crippen molar-refractivity contribution in [2.24, 2.45) is 0 Å². The normalized spacial score (nSPS) is 15.5. The molecule has 0 saturated heterocycles. The van der Waals surface area contributed by atoms with Gasteiger partial charge in [0.05, 0.1) is 23.8 Å². The lowest BCUT2D eigenvalue weighted by molar-refractivity contribution is -0.121. The molecule has 1 aromatic heterocycles. The number of nitrogens with zero attached hydrogens (tertiary/aromatic N) is 2. The first-order chi connectivity index (χ1) is 12.7. The first kappa shape index (κ1) is 21.8. The van der Waals surface area contributed by atoms with Crippen LogP contribution in [-0.4, -0.2) is 33.9 Å². The molecule has 0 spiro atoms. The van der Waals surface area contributed by atoms with Crippen molar-refractivity contribution >= 4 is 36.4 Å². The van der Waals surface area contributed by atoms with Crippen molar-refractivity contribution in [3.8, 4) is 11.5 Å². The lowest BCUT2D eigenvalue weighted by atomic mass is 10.0. The van der Waals surface area contributed by atoms with Crippen molar-refractivity contribution in [2.75, 3.05) is 12.4 Å². The lowest BCUT2D eigenvalue weighted by Gasteiger charge is -2.30. The number of H-pyrrole nitrogens is 1. The van der Waals surface area contributed by atoms with Crippen LogP contribution in [0.1, 0.15) is 11.4 Å². The van der Waals surface area contributed by atoms with Gasteiger partial charge < -0.3 is 15.0 Å². The second-order valence-corrected chi connectivity index (χ2v) is 6.36. The van der Waals surface area contributed by atoms with Crippen LogP contribution >= 0.6 is 24.8 Å². The van der Waals surface area contributed by atoms with Gasteiger partial charge in [-0.05, 0) is 31.3 Å². The summed E-state index contributed by atoms with van der Waals surface area (Å²) in [4.78, 5) is 22.3. The molecule has 2 aromatic carbocycles. The molecule has 8 heteroatoms. The number of carbonyl (C=O) groups excluding carboxylic acids is 1. The highest BCUT2D eigenvalue weighted by Gasteiger charge is 2.30. The average molecular weight is 421 g/mol. The predicted octanol–water partition coefficient (Wildman–Crippen LogP) is 4.04. The third-order valence-corrected chi connectivity index (χ3v) is 4.55. The van der Waals surface area contributed by atoms with Crippen molar-refractivity contribution in [2.45, 2.75) is 19.0 Å². The number of benzene rings is 2. The molecule has 3 aromatic rings. The maximum absolute atomic E-state index is 12.9. The van der Waals surface area contributed by atoms with Gasteiger partial charge in [-0.15, -0.1) is 24.8 Å². The molecule has 0 unspecified atom stereocenters. The number of ether oxygens (including phenoxy) is 1. The van der Waals surface area contributed by atoms with Gasteiger partial charge in [0.1, 0.15) is 5.75 Å². The molecule has 1 atom stereocenters.